The number of carbonyl (C=O) groups excluding carboxylic acids is 1. The summed E-state index contributed by atoms with van der Waals surface area (Å²) in [7, 11) is 0. The second-order valence-electron chi connectivity index (χ2n) is 8.04. The molecule has 0 saturated carbocycles. The van der Waals surface area contributed by atoms with Crippen LogP contribution in [0.3, 0.4) is 0 Å². The van der Waals surface area contributed by atoms with Gasteiger partial charge in [0.2, 0.25) is 0 Å². The van der Waals surface area contributed by atoms with Crippen molar-refractivity contribution in [3.05, 3.63) is 66.1 Å². The van der Waals surface area contributed by atoms with Crippen molar-refractivity contribution < 1.29 is 22.4 Å². The highest BCUT2D eigenvalue weighted by molar-refractivity contribution is 6.01. The lowest BCUT2D eigenvalue weighted by Gasteiger charge is -2.26. The van der Waals surface area contributed by atoms with Crippen molar-refractivity contribution in [1.82, 2.24) is 24.8 Å². The van der Waals surface area contributed by atoms with E-state index in [9.17, 15) is 22.4 Å². The number of anilines is 1. The summed E-state index contributed by atoms with van der Waals surface area (Å²) in [6, 6.07) is 5.10. The largest absolute Gasteiger partial charge is 0.434 e. The lowest BCUT2D eigenvalue weighted by Crippen LogP contribution is -2.40. The van der Waals surface area contributed by atoms with E-state index < -0.39 is 17.7 Å². The molecule has 2 aliphatic heterocycles. The van der Waals surface area contributed by atoms with E-state index in [0.717, 1.165) is 12.6 Å². The molecule has 1 aromatic carbocycles. The molecule has 0 unspecified atom stereocenters. The van der Waals surface area contributed by atoms with Gasteiger partial charge < -0.3 is 10.2 Å². The minimum absolute atomic E-state index is 0.0739. The second-order valence-corrected chi connectivity index (χ2v) is 8.04. The number of fused-ring (bicyclic) bond motifs is 2. The summed E-state index contributed by atoms with van der Waals surface area (Å²) in [6.07, 6.45) is 2.36. The summed E-state index contributed by atoms with van der Waals surface area (Å²) in [4.78, 5) is 30.9. The van der Waals surface area contributed by atoms with Gasteiger partial charge in [0.15, 0.2) is 11.5 Å². The molecule has 2 saturated heterocycles. The van der Waals surface area contributed by atoms with Gasteiger partial charge >= 0.3 is 6.18 Å². The molecular weight excluding hydrogens is 440 g/mol. The molecule has 3 atom stereocenters. The van der Waals surface area contributed by atoms with Crippen molar-refractivity contribution >= 4 is 11.7 Å². The van der Waals surface area contributed by atoms with Crippen LogP contribution in [-0.2, 0) is 6.18 Å². The topological polar surface area (TPSA) is 83.9 Å². The number of carbonyl (C=O) groups is 1. The van der Waals surface area contributed by atoms with Crippen LogP contribution in [0.4, 0.5) is 23.4 Å². The molecule has 11 heteroatoms. The van der Waals surface area contributed by atoms with Gasteiger partial charge in [0, 0.05) is 24.0 Å². The van der Waals surface area contributed by atoms with Gasteiger partial charge in [0.1, 0.15) is 11.6 Å². The zero-order valence-electron chi connectivity index (χ0n) is 17.1. The summed E-state index contributed by atoms with van der Waals surface area (Å²) in [6.45, 7) is 0. The number of alkyl halides is 3. The Balaban J connectivity index is 1.39. The van der Waals surface area contributed by atoms with Crippen molar-refractivity contribution in [2.24, 2.45) is 0 Å². The van der Waals surface area contributed by atoms with Crippen LogP contribution in [0.5, 0.6) is 0 Å². The fourth-order valence-corrected chi connectivity index (χ4v) is 4.66. The van der Waals surface area contributed by atoms with Gasteiger partial charge in [-0.15, -0.1) is 0 Å². The van der Waals surface area contributed by atoms with Crippen LogP contribution in [0, 0.1) is 5.82 Å². The highest BCUT2D eigenvalue weighted by Gasteiger charge is 2.49. The second kappa shape index (κ2) is 8.05. The molecule has 3 aromatic rings. The number of nitrogens with one attached hydrogen (secondary N) is 1. The number of hydrogen-bond donors (Lipinski definition) is 1. The third-order valence-electron chi connectivity index (χ3n) is 6.07. The Hall–Kier alpha value is -3.63. The Kier molecular flexibility index (Phi) is 5.18. The fourth-order valence-electron chi connectivity index (χ4n) is 4.66. The number of nitrogens with zero attached hydrogens (tertiary/aromatic N) is 5. The molecule has 7 nitrogen and oxygen atoms in total. The minimum Gasteiger partial charge on any atom is -0.364 e. The standard InChI is InChI=1S/C22H18F4N6O/c23-12-2-4-14(20-27-6-1-7-28-20)15(8-12)21(33)32-13-3-5-17(32)16(9-13)31-19-11-29-18(10-30-19)22(24,25)26/h1-2,4,6-8,10-11,13,16-17H,3,5,9H2,(H,30,31)/t13-,16-,17+/m1/s1. The van der Waals surface area contributed by atoms with Gasteiger partial charge in [-0.3, -0.25) is 4.79 Å². The lowest BCUT2D eigenvalue weighted by molar-refractivity contribution is -0.141. The van der Waals surface area contributed by atoms with Crippen LogP contribution in [0.15, 0.2) is 49.1 Å². The zero-order valence-corrected chi connectivity index (χ0v) is 17.1. The lowest BCUT2D eigenvalue weighted by atomic mass is 9.95. The van der Waals surface area contributed by atoms with Gasteiger partial charge in [-0.05, 0) is 43.5 Å². The van der Waals surface area contributed by atoms with E-state index in [1.54, 1.807) is 23.4 Å². The van der Waals surface area contributed by atoms with Gasteiger partial charge in [-0.25, -0.2) is 24.3 Å². The third-order valence-corrected chi connectivity index (χ3v) is 6.07. The van der Waals surface area contributed by atoms with Crippen LogP contribution >= 0.6 is 0 Å². The van der Waals surface area contributed by atoms with Gasteiger partial charge in [-0.1, -0.05) is 0 Å². The van der Waals surface area contributed by atoms with Gasteiger partial charge in [-0.2, -0.15) is 13.2 Å². The van der Waals surface area contributed by atoms with Gasteiger partial charge in [0.05, 0.1) is 30.0 Å². The van der Waals surface area contributed by atoms with Crippen molar-refractivity contribution in [3.63, 3.8) is 0 Å². The molecule has 0 spiro atoms. The Morgan fingerprint density at radius 2 is 1.85 bits per heavy atom. The Morgan fingerprint density at radius 1 is 1.06 bits per heavy atom. The maximum atomic E-state index is 14.1. The van der Waals surface area contributed by atoms with Crippen molar-refractivity contribution in [2.45, 2.75) is 43.6 Å². The average Bonchev–Trinajstić information content (AvgIpc) is 3.36. The first-order valence-electron chi connectivity index (χ1n) is 10.4. The Labute approximate surface area is 185 Å². The summed E-state index contributed by atoms with van der Waals surface area (Å²) in [5, 5.41) is 3.11. The van der Waals surface area contributed by atoms with E-state index in [2.05, 4.69) is 25.3 Å². The molecule has 1 N–H and O–H groups in total. The summed E-state index contributed by atoms with van der Waals surface area (Å²) < 4.78 is 52.3. The van der Waals surface area contributed by atoms with E-state index in [-0.39, 0.29) is 35.4 Å². The van der Waals surface area contributed by atoms with E-state index >= 15 is 0 Å². The van der Waals surface area contributed by atoms with Crippen LogP contribution in [-0.4, -0.2) is 48.9 Å². The fraction of sp³-hybridized carbons (Fsp3) is 0.318. The van der Waals surface area contributed by atoms with E-state index in [1.807, 2.05) is 0 Å². The number of halogens is 4. The maximum Gasteiger partial charge on any atom is 0.434 e. The number of hydrogen-bond acceptors (Lipinski definition) is 6. The smallest absolute Gasteiger partial charge is 0.364 e. The quantitative estimate of drug-likeness (QED) is 0.596. The number of amides is 1. The molecule has 0 radical (unpaired) electrons. The first kappa shape index (κ1) is 21.2. The zero-order chi connectivity index (χ0) is 23.2. The monoisotopic (exact) mass is 458 g/mol. The molecule has 2 aliphatic rings. The van der Waals surface area contributed by atoms with Crippen LogP contribution in [0.1, 0.15) is 35.3 Å². The summed E-state index contributed by atoms with van der Waals surface area (Å²) in [5.41, 5.74) is -0.459. The van der Waals surface area contributed by atoms with E-state index in [0.29, 0.717) is 30.4 Å². The first-order valence-corrected chi connectivity index (χ1v) is 10.4. The molecule has 5 rings (SSSR count). The Bertz CT molecular complexity index is 1170. The molecule has 2 fully saturated rings. The SMILES string of the molecule is O=C(c1cc(F)ccc1-c1ncccn1)N1[C@@H]2CC[C@H]1[C@H](Nc1cnc(C(F)(F)F)cn1)C2. The highest BCUT2D eigenvalue weighted by atomic mass is 19.4. The molecule has 170 valence electrons. The average molecular weight is 458 g/mol. The third kappa shape index (κ3) is 3.98. The first-order chi connectivity index (χ1) is 15.8. The van der Waals surface area contributed by atoms with Crippen LogP contribution in [0.2, 0.25) is 0 Å². The minimum atomic E-state index is -4.56. The molecular formula is C22H18F4N6O. The van der Waals surface area contributed by atoms with Gasteiger partial charge in [0.25, 0.3) is 5.91 Å². The Morgan fingerprint density at radius 3 is 2.55 bits per heavy atom. The number of rotatable bonds is 4. The molecule has 0 aliphatic carbocycles. The molecule has 1 amide bonds. The molecule has 4 heterocycles. The van der Waals surface area contributed by atoms with Crippen LogP contribution in [0.25, 0.3) is 11.4 Å². The van der Waals surface area contributed by atoms with E-state index in [1.165, 1.54) is 18.2 Å². The van der Waals surface area contributed by atoms with Crippen LogP contribution < -0.4 is 5.32 Å². The van der Waals surface area contributed by atoms with E-state index in [4.69, 9.17) is 0 Å². The normalized spacial score (nSPS) is 21.9. The summed E-state index contributed by atoms with van der Waals surface area (Å²) >= 11 is 0. The highest BCUT2D eigenvalue weighted by Crippen LogP contribution is 2.41. The van der Waals surface area contributed by atoms with Crippen molar-refractivity contribution in [3.8, 4) is 11.4 Å². The molecule has 2 bridgehead atoms. The molecule has 2 aromatic heterocycles. The molecule has 33 heavy (non-hydrogen) atoms. The summed E-state index contributed by atoms with van der Waals surface area (Å²) in [5.74, 6) is -0.342. The number of aromatic nitrogens is 4. The maximum absolute atomic E-state index is 14.1. The van der Waals surface area contributed by atoms with Crippen molar-refractivity contribution in [1.29, 1.82) is 0 Å². The van der Waals surface area contributed by atoms with Crippen molar-refractivity contribution in [2.75, 3.05) is 5.32 Å². The predicted octanol–water partition coefficient (Wildman–Crippen LogP) is 3.95. The predicted molar refractivity (Wildman–Crippen MR) is 109 cm³/mol. The number of benzene rings is 1.